The first-order valence-corrected chi connectivity index (χ1v) is 8.84. The average Bonchev–Trinajstić information content (AvgIpc) is 2.70. The summed E-state index contributed by atoms with van der Waals surface area (Å²) in [6, 6.07) is 6.25. The molecule has 0 saturated heterocycles. The van der Waals surface area contributed by atoms with Crippen LogP contribution in [0.25, 0.3) is 0 Å². The highest BCUT2D eigenvalue weighted by atomic mass is 35.5. The van der Waals surface area contributed by atoms with Gasteiger partial charge in [-0.1, -0.05) is 12.1 Å². The Bertz CT molecular complexity index is 882. The third-order valence-corrected chi connectivity index (χ3v) is 4.27. The van der Waals surface area contributed by atoms with Gasteiger partial charge in [0.15, 0.2) is 5.75 Å². The van der Waals surface area contributed by atoms with Crippen molar-refractivity contribution in [3.8, 4) is 11.5 Å². The second-order valence-corrected chi connectivity index (χ2v) is 6.85. The quantitative estimate of drug-likeness (QED) is 0.328. The molecule has 2 aromatic carbocycles. The lowest BCUT2D eigenvalue weighted by Crippen LogP contribution is -2.25. The van der Waals surface area contributed by atoms with Crippen molar-refractivity contribution in [3.05, 3.63) is 58.9 Å². The molecule has 0 heterocycles. The Hall–Kier alpha value is -2.59. The number of ether oxygens (including phenoxy) is 2. The van der Waals surface area contributed by atoms with Crippen LogP contribution in [-0.4, -0.2) is 50.7 Å². The number of hydrogen-bond acceptors (Lipinski definition) is 4. The lowest BCUT2D eigenvalue weighted by atomic mass is 10.0. The van der Waals surface area contributed by atoms with Crippen LogP contribution in [0.15, 0.2) is 24.3 Å². The van der Waals surface area contributed by atoms with Gasteiger partial charge in [0, 0.05) is 26.6 Å². The fourth-order valence-electron chi connectivity index (χ4n) is 2.66. The number of carbonyl (C=O) groups excluding carboxylic acids is 1. The summed E-state index contributed by atoms with van der Waals surface area (Å²) < 4.78 is 77.1. The Morgan fingerprint density at radius 1 is 0.871 bits per heavy atom. The molecule has 5 nitrogen and oxygen atoms in total. The van der Waals surface area contributed by atoms with Gasteiger partial charge in [-0.15, -0.1) is 12.4 Å². The van der Waals surface area contributed by atoms with E-state index in [0.29, 0.717) is 5.75 Å². The minimum absolute atomic E-state index is 0. The van der Waals surface area contributed by atoms with E-state index in [4.69, 9.17) is 9.47 Å². The molecule has 0 aliphatic carbocycles. The van der Waals surface area contributed by atoms with Gasteiger partial charge in [-0.3, -0.25) is 0 Å². The summed E-state index contributed by atoms with van der Waals surface area (Å²) in [4.78, 5) is 14.6. The van der Waals surface area contributed by atoms with Gasteiger partial charge in [-0.2, -0.15) is 8.78 Å². The summed E-state index contributed by atoms with van der Waals surface area (Å²) in [6.45, 7) is -0.307. The van der Waals surface area contributed by atoms with Crippen molar-refractivity contribution in [2.75, 3.05) is 34.8 Å². The zero-order valence-electron chi connectivity index (χ0n) is 17.2. The van der Waals surface area contributed by atoms with Gasteiger partial charge in [0.05, 0.1) is 6.61 Å². The molecule has 0 radical (unpaired) electrons. The largest absolute Gasteiger partial charge is 0.487 e. The van der Waals surface area contributed by atoms with Crippen LogP contribution in [-0.2, 0) is 0 Å². The van der Waals surface area contributed by atoms with E-state index in [1.807, 2.05) is 0 Å². The fraction of sp³-hybridized carbons (Fsp3) is 0.350. The first-order chi connectivity index (χ1) is 14.0. The molecule has 1 amide bonds. The van der Waals surface area contributed by atoms with Crippen LogP contribution in [0.4, 0.5) is 26.7 Å². The van der Waals surface area contributed by atoms with Crippen LogP contribution in [0.1, 0.15) is 18.0 Å². The minimum atomic E-state index is -2.24. The predicted octanol–water partition coefficient (Wildman–Crippen LogP) is 4.94. The number of nitrogens with zero attached hydrogens (tertiary/aromatic N) is 2. The van der Waals surface area contributed by atoms with Crippen molar-refractivity contribution in [2.24, 2.45) is 0 Å². The predicted molar refractivity (Wildman–Crippen MR) is 106 cm³/mol. The molecule has 0 aliphatic heterocycles. The molecule has 0 aliphatic rings. The summed E-state index contributed by atoms with van der Waals surface area (Å²) in [6.07, 6.45) is -0.355. The van der Waals surface area contributed by atoms with Crippen molar-refractivity contribution >= 4 is 18.5 Å². The summed E-state index contributed by atoms with van der Waals surface area (Å²) in [5.74, 6) is -11.4. The Balaban J connectivity index is 0.00000480. The van der Waals surface area contributed by atoms with Crippen LogP contribution in [0.5, 0.6) is 11.5 Å². The maximum absolute atomic E-state index is 13.7. The van der Waals surface area contributed by atoms with Crippen LogP contribution < -0.4 is 9.47 Å². The molecule has 2 aromatic rings. The lowest BCUT2D eigenvalue weighted by molar-refractivity contribution is 0.172. The molecule has 2 rings (SSSR count). The van der Waals surface area contributed by atoms with Crippen molar-refractivity contribution in [1.82, 2.24) is 9.80 Å². The van der Waals surface area contributed by atoms with E-state index >= 15 is 0 Å². The normalized spacial score (nSPS) is 11.7. The number of carbonyl (C=O) groups is 1. The summed E-state index contributed by atoms with van der Waals surface area (Å²) in [5.41, 5.74) is 0.769. The third kappa shape index (κ3) is 6.20. The van der Waals surface area contributed by atoms with Crippen LogP contribution in [0.3, 0.4) is 0 Å². The summed E-state index contributed by atoms with van der Waals surface area (Å²) in [5, 5.41) is 0. The standard InChI is InChI=1S/C20H21F5N2O3.ClH/c1-26(2)13(11-5-7-12(8-6-11)30-20(28)27(3)4)9-10-29-19-17(24)15(22)14(21)16(23)18(19)25;/h5-8,13H,9-10H2,1-4H3;1H. The van der Waals surface area contributed by atoms with E-state index in [1.165, 1.54) is 4.90 Å². The number of amides is 1. The van der Waals surface area contributed by atoms with Crippen LogP contribution >= 0.6 is 12.4 Å². The molecule has 0 saturated carbocycles. The molecule has 11 heteroatoms. The molecular formula is C20H22ClF5N2O3. The molecule has 0 fully saturated rings. The maximum Gasteiger partial charge on any atom is 0.414 e. The molecule has 0 N–H and O–H groups in total. The van der Waals surface area contributed by atoms with Gasteiger partial charge in [0.25, 0.3) is 0 Å². The van der Waals surface area contributed by atoms with E-state index in [-0.39, 0.29) is 31.5 Å². The van der Waals surface area contributed by atoms with Crippen LogP contribution in [0.2, 0.25) is 0 Å². The number of rotatable bonds is 7. The van der Waals surface area contributed by atoms with Crippen LogP contribution in [0, 0.1) is 29.1 Å². The van der Waals surface area contributed by atoms with Crippen molar-refractivity contribution in [1.29, 1.82) is 0 Å². The smallest absolute Gasteiger partial charge is 0.414 e. The Labute approximate surface area is 182 Å². The van der Waals surface area contributed by atoms with Crippen molar-refractivity contribution in [2.45, 2.75) is 12.5 Å². The fourth-order valence-corrected chi connectivity index (χ4v) is 2.66. The van der Waals surface area contributed by atoms with E-state index in [0.717, 1.165) is 5.56 Å². The molecule has 31 heavy (non-hydrogen) atoms. The third-order valence-electron chi connectivity index (χ3n) is 4.27. The highest BCUT2D eigenvalue weighted by Crippen LogP contribution is 2.30. The molecular weight excluding hydrogens is 447 g/mol. The van der Waals surface area contributed by atoms with Crippen molar-refractivity contribution < 1.29 is 36.2 Å². The van der Waals surface area contributed by atoms with E-state index in [2.05, 4.69) is 0 Å². The van der Waals surface area contributed by atoms with Crippen molar-refractivity contribution in [3.63, 3.8) is 0 Å². The number of benzene rings is 2. The minimum Gasteiger partial charge on any atom is -0.487 e. The maximum atomic E-state index is 13.7. The number of hydrogen-bond donors (Lipinski definition) is 0. The first-order valence-electron chi connectivity index (χ1n) is 8.84. The van der Waals surface area contributed by atoms with Gasteiger partial charge in [0.2, 0.25) is 29.1 Å². The van der Waals surface area contributed by atoms with Gasteiger partial charge < -0.3 is 19.3 Å². The molecule has 0 bridgehead atoms. The lowest BCUT2D eigenvalue weighted by Gasteiger charge is -2.25. The summed E-state index contributed by atoms with van der Waals surface area (Å²) in [7, 11) is 6.60. The van der Waals surface area contributed by atoms with E-state index in [1.54, 1.807) is 57.4 Å². The Morgan fingerprint density at radius 3 is 1.81 bits per heavy atom. The van der Waals surface area contributed by atoms with Gasteiger partial charge >= 0.3 is 6.09 Å². The molecule has 172 valence electrons. The topological polar surface area (TPSA) is 42.0 Å². The number of halogens is 6. The molecule has 0 spiro atoms. The van der Waals surface area contributed by atoms with E-state index in [9.17, 15) is 26.7 Å². The monoisotopic (exact) mass is 468 g/mol. The second kappa shape index (κ2) is 11.1. The Morgan fingerprint density at radius 2 is 1.35 bits per heavy atom. The second-order valence-electron chi connectivity index (χ2n) is 6.85. The SMILES string of the molecule is CN(C)C(=O)Oc1ccc(C(CCOc2c(F)c(F)c(F)c(F)c2F)N(C)C)cc1.Cl. The zero-order valence-corrected chi connectivity index (χ0v) is 18.0. The Kier molecular flexibility index (Phi) is 9.51. The van der Waals surface area contributed by atoms with Gasteiger partial charge in [-0.05, 0) is 31.8 Å². The summed E-state index contributed by atoms with van der Waals surface area (Å²) >= 11 is 0. The highest BCUT2D eigenvalue weighted by molar-refractivity contribution is 5.85. The average molecular weight is 469 g/mol. The first kappa shape index (κ1) is 26.4. The van der Waals surface area contributed by atoms with Gasteiger partial charge in [-0.25, -0.2) is 18.0 Å². The van der Waals surface area contributed by atoms with E-state index < -0.39 is 40.9 Å². The molecule has 1 atom stereocenters. The highest BCUT2D eigenvalue weighted by Gasteiger charge is 2.27. The van der Waals surface area contributed by atoms with Gasteiger partial charge in [0.1, 0.15) is 5.75 Å². The zero-order chi connectivity index (χ0) is 22.6. The molecule has 1 unspecified atom stereocenters. The molecule has 0 aromatic heterocycles.